The van der Waals surface area contributed by atoms with Crippen LogP contribution >= 0.6 is 0 Å². The monoisotopic (exact) mass is 488 g/mol. The summed E-state index contributed by atoms with van der Waals surface area (Å²) in [7, 11) is 0. The lowest BCUT2D eigenvalue weighted by Crippen LogP contribution is -2.49. The number of nitrogens with one attached hydrogen (secondary N) is 3. The Morgan fingerprint density at radius 2 is 1.78 bits per heavy atom. The normalized spacial score (nSPS) is 18.5. The average Bonchev–Trinajstić information content (AvgIpc) is 3.46. The van der Waals surface area contributed by atoms with Crippen molar-refractivity contribution in [3.05, 3.63) is 89.4 Å². The maximum atomic E-state index is 13.3. The first-order valence-corrected chi connectivity index (χ1v) is 11.5. The van der Waals surface area contributed by atoms with Crippen molar-refractivity contribution in [3.8, 4) is 5.75 Å². The van der Waals surface area contributed by atoms with Gasteiger partial charge in [-0.15, -0.1) is 0 Å². The summed E-state index contributed by atoms with van der Waals surface area (Å²) in [5, 5.41) is 2.79. The molecule has 1 fully saturated rings. The summed E-state index contributed by atoms with van der Waals surface area (Å²) in [6.45, 7) is -0.413. The standard InChI is InChI=1S/C26H24N4O6/c31-22(28-29-23(32)21-13-12-19(36-21)16-35-18-9-2-1-3-10-18)15-30-24(33)26(27-25(30)34)14-6-8-17-7-4-5-11-20(17)26/h1-5,7,9-13H,6,8,14-16H2,(H,27,34)(H,28,31)(H,29,32). The van der Waals surface area contributed by atoms with E-state index in [-0.39, 0.29) is 12.4 Å². The third-order valence-electron chi connectivity index (χ3n) is 6.28. The van der Waals surface area contributed by atoms with E-state index < -0.39 is 35.8 Å². The number of furan rings is 1. The smallest absolute Gasteiger partial charge is 0.325 e. The first-order chi connectivity index (χ1) is 17.5. The molecule has 10 heteroatoms. The highest BCUT2D eigenvalue weighted by atomic mass is 16.5. The lowest BCUT2D eigenvalue weighted by Gasteiger charge is -2.33. The molecule has 1 unspecified atom stereocenters. The van der Waals surface area contributed by atoms with E-state index in [4.69, 9.17) is 9.15 Å². The Hall–Kier alpha value is -4.60. The van der Waals surface area contributed by atoms with Crippen LogP contribution in [-0.2, 0) is 28.2 Å². The number of carbonyl (C=O) groups excluding carboxylic acids is 4. The molecule has 1 saturated heterocycles. The van der Waals surface area contributed by atoms with Gasteiger partial charge >= 0.3 is 11.9 Å². The Morgan fingerprint density at radius 1 is 1.00 bits per heavy atom. The molecule has 0 bridgehead atoms. The number of benzene rings is 2. The summed E-state index contributed by atoms with van der Waals surface area (Å²) in [5.74, 6) is -0.847. The molecule has 2 aliphatic rings. The Kier molecular flexibility index (Phi) is 6.16. The highest BCUT2D eigenvalue weighted by Crippen LogP contribution is 2.39. The third-order valence-corrected chi connectivity index (χ3v) is 6.28. The van der Waals surface area contributed by atoms with Crippen molar-refractivity contribution in [1.82, 2.24) is 21.1 Å². The number of aryl methyl sites for hydroxylation is 1. The Bertz CT molecular complexity index is 1320. The Balaban J connectivity index is 1.16. The fourth-order valence-electron chi connectivity index (χ4n) is 4.57. The van der Waals surface area contributed by atoms with Crippen molar-refractivity contribution in [2.75, 3.05) is 6.54 Å². The Labute approximate surface area is 206 Å². The largest absolute Gasteiger partial charge is 0.486 e. The number of hydrogen-bond donors (Lipinski definition) is 3. The van der Waals surface area contributed by atoms with Gasteiger partial charge < -0.3 is 14.5 Å². The molecule has 3 N–H and O–H groups in total. The molecule has 2 heterocycles. The number of carbonyl (C=O) groups is 4. The molecule has 5 rings (SSSR count). The summed E-state index contributed by atoms with van der Waals surface area (Å²) in [6.07, 6.45) is 2.01. The van der Waals surface area contributed by atoms with Crippen molar-refractivity contribution in [1.29, 1.82) is 0 Å². The van der Waals surface area contributed by atoms with Gasteiger partial charge in [-0.3, -0.25) is 30.1 Å². The molecule has 2 aromatic carbocycles. The highest BCUT2D eigenvalue weighted by molar-refractivity contribution is 6.09. The van der Waals surface area contributed by atoms with Crippen molar-refractivity contribution in [2.24, 2.45) is 0 Å². The van der Waals surface area contributed by atoms with Gasteiger partial charge in [0.2, 0.25) is 0 Å². The maximum absolute atomic E-state index is 13.3. The zero-order valence-electron chi connectivity index (χ0n) is 19.3. The second kappa shape index (κ2) is 9.57. The lowest BCUT2D eigenvalue weighted by molar-refractivity contribution is -0.135. The topological polar surface area (TPSA) is 130 Å². The van der Waals surface area contributed by atoms with Crippen LogP contribution in [0.1, 0.15) is 40.3 Å². The number of para-hydroxylation sites is 1. The second-order valence-electron chi connectivity index (χ2n) is 8.61. The van der Waals surface area contributed by atoms with Crippen LogP contribution in [0.3, 0.4) is 0 Å². The quantitative estimate of drug-likeness (QED) is 0.361. The molecule has 36 heavy (non-hydrogen) atoms. The highest BCUT2D eigenvalue weighted by Gasteiger charge is 2.54. The van der Waals surface area contributed by atoms with Crippen LogP contribution in [0.5, 0.6) is 5.75 Å². The number of ether oxygens (including phenoxy) is 1. The van der Waals surface area contributed by atoms with Gasteiger partial charge in [-0.05, 0) is 54.7 Å². The number of fused-ring (bicyclic) bond motifs is 2. The molecule has 1 spiro atoms. The second-order valence-corrected chi connectivity index (χ2v) is 8.61. The van der Waals surface area contributed by atoms with E-state index in [0.717, 1.165) is 28.9 Å². The van der Waals surface area contributed by atoms with Gasteiger partial charge in [0.1, 0.15) is 30.2 Å². The minimum atomic E-state index is -1.16. The summed E-state index contributed by atoms with van der Waals surface area (Å²) in [4.78, 5) is 51.6. The van der Waals surface area contributed by atoms with Crippen molar-refractivity contribution in [2.45, 2.75) is 31.4 Å². The lowest BCUT2D eigenvalue weighted by atomic mass is 9.76. The SMILES string of the molecule is O=C(CN1C(=O)NC2(CCCc3ccccc32)C1=O)NNC(=O)c1ccc(COc2ccccc2)o1. The molecule has 1 atom stereocenters. The summed E-state index contributed by atoms with van der Waals surface area (Å²) >= 11 is 0. The molecular formula is C26H24N4O6. The van der Waals surface area contributed by atoms with Crippen LogP contribution in [0.15, 0.2) is 71.1 Å². The molecule has 184 valence electrons. The summed E-state index contributed by atoms with van der Waals surface area (Å²) < 4.78 is 11.0. The minimum absolute atomic E-state index is 0.0327. The van der Waals surface area contributed by atoms with E-state index >= 15 is 0 Å². The van der Waals surface area contributed by atoms with Crippen molar-refractivity contribution in [3.63, 3.8) is 0 Å². The average molecular weight is 489 g/mol. The number of amides is 5. The van der Waals surface area contributed by atoms with Gasteiger partial charge in [-0.1, -0.05) is 42.5 Å². The summed E-state index contributed by atoms with van der Waals surface area (Å²) in [5.41, 5.74) is 5.05. The van der Waals surface area contributed by atoms with Crippen LogP contribution in [0, 0.1) is 0 Å². The molecule has 0 radical (unpaired) electrons. The third kappa shape index (κ3) is 4.40. The van der Waals surface area contributed by atoms with Crippen molar-refractivity contribution < 1.29 is 28.3 Å². The van der Waals surface area contributed by atoms with Crippen LogP contribution < -0.4 is 20.9 Å². The number of rotatable bonds is 6. The van der Waals surface area contributed by atoms with E-state index in [2.05, 4.69) is 16.2 Å². The van der Waals surface area contributed by atoms with E-state index in [1.54, 1.807) is 18.2 Å². The minimum Gasteiger partial charge on any atom is -0.486 e. The van der Waals surface area contributed by atoms with Gasteiger partial charge in [-0.2, -0.15) is 0 Å². The first kappa shape index (κ1) is 23.2. The van der Waals surface area contributed by atoms with Crippen LogP contribution in [0.2, 0.25) is 0 Å². The molecule has 10 nitrogen and oxygen atoms in total. The molecule has 1 aromatic heterocycles. The van der Waals surface area contributed by atoms with E-state index in [1.165, 1.54) is 6.07 Å². The number of nitrogens with zero attached hydrogens (tertiary/aromatic N) is 1. The van der Waals surface area contributed by atoms with Gasteiger partial charge in [-0.25, -0.2) is 4.79 Å². The van der Waals surface area contributed by atoms with Gasteiger partial charge in [0.25, 0.3) is 11.8 Å². The van der Waals surface area contributed by atoms with Crippen LogP contribution in [0.4, 0.5) is 4.79 Å². The molecule has 5 amide bonds. The fraction of sp³-hybridized carbons (Fsp3) is 0.231. The maximum Gasteiger partial charge on any atom is 0.325 e. The number of urea groups is 1. The predicted octanol–water partition coefficient (Wildman–Crippen LogP) is 2.40. The first-order valence-electron chi connectivity index (χ1n) is 11.5. The van der Waals surface area contributed by atoms with Gasteiger partial charge in [0, 0.05) is 0 Å². The zero-order valence-corrected chi connectivity index (χ0v) is 19.3. The fourth-order valence-corrected chi connectivity index (χ4v) is 4.57. The number of hydrazine groups is 1. The van der Waals surface area contributed by atoms with E-state index in [1.807, 2.05) is 42.5 Å². The van der Waals surface area contributed by atoms with Gasteiger partial charge in [0.15, 0.2) is 5.76 Å². The predicted molar refractivity (Wildman–Crippen MR) is 126 cm³/mol. The number of imide groups is 1. The van der Waals surface area contributed by atoms with E-state index in [9.17, 15) is 19.2 Å². The van der Waals surface area contributed by atoms with Gasteiger partial charge in [0.05, 0.1) is 0 Å². The van der Waals surface area contributed by atoms with E-state index in [0.29, 0.717) is 17.9 Å². The number of hydrogen-bond acceptors (Lipinski definition) is 6. The molecular weight excluding hydrogens is 464 g/mol. The molecule has 1 aliphatic carbocycles. The zero-order chi connectivity index (χ0) is 25.1. The van der Waals surface area contributed by atoms with Crippen LogP contribution in [0.25, 0.3) is 0 Å². The van der Waals surface area contributed by atoms with Crippen LogP contribution in [-0.4, -0.2) is 35.2 Å². The molecule has 1 aliphatic heterocycles. The molecule has 3 aromatic rings. The Morgan fingerprint density at radius 3 is 2.61 bits per heavy atom. The molecule has 0 saturated carbocycles. The summed E-state index contributed by atoms with van der Waals surface area (Å²) in [6, 6.07) is 19.0. The van der Waals surface area contributed by atoms with Crippen molar-refractivity contribution >= 4 is 23.8 Å².